The molecule has 0 aliphatic heterocycles. The fraction of sp³-hybridized carbons (Fsp3) is 0.222. The molecule has 0 bridgehead atoms. The summed E-state index contributed by atoms with van der Waals surface area (Å²) in [5.74, 6) is -2.07. The normalized spacial score (nSPS) is 12.3. The summed E-state index contributed by atoms with van der Waals surface area (Å²) in [5.41, 5.74) is 0.0278. The Balaban J connectivity index is 2.65. The number of carbonyl (C=O) groups is 1. The lowest BCUT2D eigenvalue weighted by molar-refractivity contribution is -0.189. The fourth-order valence-corrected chi connectivity index (χ4v) is 2.56. The van der Waals surface area contributed by atoms with Crippen LogP contribution in [0.15, 0.2) is 36.4 Å². The van der Waals surface area contributed by atoms with Gasteiger partial charge < -0.3 is 9.84 Å². The second-order valence-electron chi connectivity index (χ2n) is 5.48. The Bertz CT molecular complexity index is 861. The molecule has 1 N–H and O–H groups in total. The SMILES string of the molecule is CC(Oc1c(Cc2ccccc2)cc(C#N)c(Cl)c1C(=O)O)C(F)(F)F. The van der Waals surface area contributed by atoms with Crippen LogP contribution in [0.3, 0.4) is 0 Å². The molecule has 1 unspecified atom stereocenters. The Morgan fingerprint density at radius 1 is 1.35 bits per heavy atom. The van der Waals surface area contributed by atoms with E-state index < -0.39 is 34.6 Å². The summed E-state index contributed by atoms with van der Waals surface area (Å²) in [7, 11) is 0. The number of ether oxygens (including phenoxy) is 1. The number of halogens is 4. The third-order valence-electron chi connectivity index (χ3n) is 3.62. The predicted octanol–water partition coefficient (Wildman–Crippen LogP) is 4.83. The maximum atomic E-state index is 12.9. The minimum atomic E-state index is -4.69. The maximum absolute atomic E-state index is 12.9. The zero-order valence-corrected chi connectivity index (χ0v) is 14.2. The van der Waals surface area contributed by atoms with E-state index in [1.165, 1.54) is 6.07 Å². The molecule has 0 aromatic heterocycles. The zero-order valence-electron chi connectivity index (χ0n) is 13.5. The molecule has 0 amide bonds. The number of benzene rings is 2. The van der Waals surface area contributed by atoms with Gasteiger partial charge >= 0.3 is 12.1 Å². The number of nitrogens with zero attached hydrogens (tertiary/aromatic N) is 1. The second kappa shape index (κ2) is 7.67. The van der Waals surface area contributed by atoms with Crippen molar-refractivity contribution in [1.82, 2.24) is 0 Å². The molecule has 0 heterocycles. The van der Waals surface area contributed by atoms with Crippen LogP contribution in [0.1, 0.15) is 34.0 Å². The van der Waals surface area contributed by atoms with Crippen molar-refractivity contribution in [3.8, 4) is 11.8 Å². The largest absolute Gasteiger partial charge is 0.480 e. The lowest BCUT2D eigenvalue weighted by Crippen LogP contribution is -2.32. The van der Waals surface area contributed by atoms with Gasteiger partial charge in [0.15, 0.2) is 6.10 Å². The van der Waals surface area contributed by atoms with Gasteiger partial charge in [0.25, 0.3) is 0 Å². The monoisotopic (exact) mass is 383 g/mol. The van der Waals surface area contributed by atoms with E-state index in [0.29, 0.717) is 5.56 Å². The van der Waals surface area contributed by atoms with Gasteiger partial charge in [-0.05, 0) is 18.6 Å². The standard InChI is InChI=1S/C18H13ClF3NO3/c1-10(18(20,21)22)26-16-12(7-11-5-3-2-4-6-11)8-13(9-23)15(19)14(16)17(24)25/h2-6,8,10H,7H2,1H3,(H,24,25). The van der Waals surface area contributed by atoms with Crippen LogP contribution in [-0.2, 0) is 6.42 Å². The Morgan fingerprint density at radius 3 is 2.46 bits per heavy atom. The number of nitriles is 1. The van der Waals surface area contributed by atoms with Crippen molar-refractivity contribution in [2.45, 2.75) is 25.6 Å². The van der Waals surface area contributed by atoms with Gasteiger partial charge in [0, 0.05) is 12.0 Å². The highest BCUT2D eigenvalue weighted by molar-refractivity contribution is 6.35. The molecule has 2 aromatic carbocycles. The molecule has 0 aliphatic carbocycles. The van der Waals surface area contributed by atoms with E-state index in [4.69, 9.17) is 21.6 Å². The van der Waals surface area contributed by atoms with Crippen molar-refractivity contribution in [3.63, 3.8) is 0 Å². The van der Waals surface area contributed by atoms with Crippen molar-refractivity contribution in [1.29, 1.82) is 5.26 Å². The van der Waals surface area contributed by atoms with Crippen LogP contribution < -0.4 is 4.74 Å². The second-order valence-corrected chi connectivity index (χ2v) is 5.86. The van der Waals surface area contributed by atoms with E-state index >= 15 is 0 Å². The van der Waals surface area contributed by atoms with E-state index in [9.17, 15) is 23.1 Å². The molecule has 26 heavy (non-hydrogen) atoms. The van der Waals surface area contributed by atoms with Crippen LogP contribution in [0.4, 0.5) is 13.2 Å². The lowest BCUT2D eigenvalue weighted by atomic mass is 9.98. The molecule has 8 heteroatoms. The molecule has 0 aliphatic rings. The third kappa shape index (κ3) is 4.27. The van der Waals surface area contributed by atoms with Crippen molar-refractivity contribution in [2.24, 2.45) is 0 Å². The summed E-state index contributed by atoms with van der Waals surface area (Å²) in [6.07, 6.45) is -6.87. The molecular formula is C18H13ClF3NO3. The molecule has 0 saturated carbocycles. The summed E-state index contributed by atoms with van der Waals surface area (Å²) in [4.78, 5) is 11.6. The van der Waals surface area contributed by atoms with E-state index in [1.54, 1.807) is 36.4 Å². The number of rotatable bonds is 5. The Hall–Kier alpha value is -2.72. The van der Waals surface area contributed by atoms with Gasteiger partial charge in [-0.2, -0.15) is 18.4 Å². The summed E-state index contributed by atoms with van der Waals surface area (Å²) < 4.78 is 43.7. The first kappa shape index (κ1) is 19.6. The third-order valence-corrected chi connectivity index (χ3v) is 4.01. The molecule has 0 spiro atoms. The first-order valence-electron chi connectivity index (χ1n) is 7.41. The molecule has 0 fully saturated rings. The summed E-state index contributed by atoms with van der Waals surface area (Å²) >= 11 is 5.92. The number of hydrogen-bond acceptors (Lipinski definition) is 3. The Morgan fingerprint density at radius 2 is 1.96 bits per heavy atom. The van der Waals surface area contributed by atoms with Crippen LogP contribution in [0.5, 0.6) is 5.75 Å². The van der Waals surface area contributed by atoms with Gasteiger partial charge in [0.2, 0.25) is 0 Å². The van der Waals surface area contributed by atoms with Gasteiger partial charge in [-0.25, -0.2) is 4.79 Å². The van der Waals surface area contributed by atoms with Crippen LogP contribution in [0.2, 0.25) is 5.02 Å². The van der Waals surface area contributed by atoms with E-state index in [1.807, 2.05) is 0 Å². The van der Waals surface area contributed by atoms with Gasteiger partial charge in [0.05, 0.1) is 10.6 Å². The Kier molecular flexibility index (Phi) is 5.78. The average molecular weight is 384 g/mol. The summed E-state index contributed by atoms with van der Waals surface area (Å²) in [5, 5.41) is 18.1. The summed E-state index contributed by atoms with van der Waals surface area (Å²) in [6.45, 7) is 0.768. The van der Waals surface area contributed by atoms with Crippen molar-refractivity contribution in [3.05, 3.63) is 63.7 Å². The lowest BCUT2D eigenvalue weighted by Gasteiger charge is -2.22. The highest BCUT2D eigenvalue weighted by atomic mass is 35.5. The quantitative estimate of drug-likeness (QED) is 0.802. The van der Waals surface area contributed by atoms with Crippen LogP contribution in [0.25, 0.3) is 0 Å². The van der Waals surface area contributed by atoms with Gasteiger partial charge in [-0.1, -0.05) is 41.9 Å². The van der Waals surface area contributed by atoms with Crippen molar-refractivity contribution >= 4 is 17.6 Å². The molecular weight excluding hydrogens is 371 g/mol. The molecule has 4 nitrogen and oxygen atoms in total. The van der Waals surface area contributed by atoms with Gasteiger partial charge in [-0.3, -0.25) is 0 Å². The van der Waals surface area contributed by atoms with Gasteiger partial charge in [0.1, 0.15) is 17.4 Å². The number of aromatic carboxylic acids is 1. The number of alkyl halides is 3. The number of carboxylic acids is 1. The van der Waals surface area contributed by atoms with Crippen molar-refractivity contribution < 1.29 is 27.8 Å². The van der Waals surface area contributed by atoms with E-state index in [-0.39, 0.29) is 17.5 Å². The smallest absolute Gasteiger partial charge is 0.425 e. The first-order chi connectivity index (χ1) is 12.1. The molecule has 0 saturated heterocycles. The zero-order chi connectivity index (χ0) is 19.5. The average Bonchev–Trinajstić information content (AvgIpc) is 2.56. The summed E-state index contributed by atoms with van der Waals surface area (Å²) in [6, 6.07) is 11.7. The first-order valence-corrected chi connectivity index (χ1v) is 7.79. The Labute approximate surface area is 152 Å². The fourth-order valence-electron chi connectivity index (χ4n) is 2.30. The molecule has 2 rings (SSSR count). The highest BCUT2D eigenvalue weighted by Gasteiger charge is 2.39. The van der Waals surface area contributed by atoms with Crippen molar-refractivity contribution in [2.75, 3.05) is 0 Å². The molecule has 136 valence electrons. The number of carboxylic acid groups (broad SMARTS) is 1. The van der Waals surface area contributed by atoms with Gasteiger partial charge in [-0.15, -0.1) is 0 Å². The molecule has 2 aromatic rings. The van der Waals surface area contributed by atoms with E-state index in [0.717, 1.165) is 6.92 Å². The van der Waals surface area contributed by atoms with E-state index in [2.05, 4.69) is 0 Å². The molecule has 1 atom stereocenters. The maximum Gasteiger partial charge on any atom is 0.425 e. The van der Waals surface area contributed by atoms with Crippen LogP contribution >= 0.6 is 11.6 Å². The molecule has 0 radical (unpaired) electrons. The minimum Gasteiger partial charge on any atom is -0.480 e. The highest BCUT2D eigenvalue weighted by Crippen LogP contribution is 2.37. The predicted molar refractivity (Wildman–Crippen MR) is 88.5 cm³/mol. The van der Waals surface area contributed by atoms with Crippen LogP contribution in [0, 0.1) is 11.3 Å². The topological polar surface area (TPSA) is 70.3 Å². The number of hydrogen-bond donors (Lipinski definition) is 1. The van der Waals surface area contributed by atoms with Crippen LogP contribution in [-0.4, -0.2) is 23.4 Å². The minimum absolute atomic E-state index is 0.0763.